The molecule has 0 aliphatic carbocycles. The molecule has 25 heteroatoms. The van der Waals surface area contributed by atoms with E-state index in [2.05, 4.69) is 41.7 Å². The summed E-state index contributed by atoms with van der Waals surface area (Å²) in [4.78, 5) is 62.5. The number of nitrogens with zero attached hydrogens (tertiary/aromatic N) is 3. The summed E-state index contributed by atoms with van der Waals surface area (Å²) < 4.78 is 55.5. The minimum Gasteiger partial charge on any atom is -0.443 e. The molecule has 0 fully saturated rings. The Hall–Kier alpha value is -4.15. The topological polar surface area (TPSA) is 304 Å². The Morgan fingerprint density at radius 1 is 0.542 bits per heavy atom. The van der Waals surface area contributed by atoms with Crippen LogP contribution in [0.5, 0.6) is 0 Å². The highest BCUT2D eigenvalue weighted by molar-refractivity contribution is 5.90. The van der Waals surface area contributed by atoms with Crippen LogP contribution in [0.25, 0.3) is 0 Å². The highest BCUT2D eigenvalue weighted by Crippen LogP contribution is 1.97. The molecule has 0 atom stereocenters. The van der Waals surface area contributed by atoms with Crippen LogP contribution in [0, 0.1) is 0 Å². The third-order valence-corrected chi connectivity index (χ3v) is 6.85. The molecule has 0 saturated carbocycles. The number of rotatable bonds is 41. The number of hydrogen-bond donors (Lipinski definition) is 6. The van der Waals surface area contributed by atoms with Crippen LogP contribution in [-0.4, -0.2) is 203 Å². The van der Waals surface area contributed by atoms with Gasteiger partial charge in [-0.3, -0.25) is 24.0 Å². The number of carbonyl (C=O) groups is 5. The molecule has 1 aromatic heterocycles. The number of nitrogens with one attached hydrogen (secondary N) is 5. The van der Waals surface area contributed by atoms with Gasteiger partial charge in [-0.1, -0.05) is 5.21 Å². The summed E-state index contributed by atoms with van der Waals surface area (Å²) in [5.74, 6) is 2.37. The maximum absolute atomic E-state index is 11.9. The summed E-state index contributed by atoms with van der Waals surface area (Å²) in [6.45, 7) is 9.64. The van der Waals surface area contributed by atoms with Gasteiger partial charge in [0, 0.05) is 19.7 Å². The molecule has 59 heavy (non-hydrogen) atoms. The first-order chi connectivity index (χ1) is 28.8. The third kappa shape index (κ3) is 35.5. The fraction of sp³-hybridized carbons (Fsp3) is 0.794. The molecule has 1 aromatic rings. The van der Waals surface area contributed by atoms with Gasteiger partial charge in [0.1, 0.15) is 18.9 Å². The number of aromatic nitrogens is 3. The average Bonchev–Trinajstić information content (AvgIpc) is 3.69. The normalized spacial score (nSPS) is 10.9. The zero-order chi connectivity index (χ0) is 42.9. The lowest BCUT2D eigenvalue weighted by molar-refractivity contribution is -0.130. The second-order valence-electron chi connectivity index (χ2n) is 11.6. The van der Waals surface area contributed by atoms with Crippen LogP contribution in [0.1, 0.15) is 12.6 Å². The van der Waals surface area contributed by atoms with Crippen molar-refractivity contribution in [1.29, 1.82) is 0 Å². The first-order valence-corrected chi connectivity index (χ1v) is 19.2. The van der Waals surface area contributed by atoms with Gasteiger partial charge in [0.15, 0.2) is 0 Å². The SMILES string of the molecule is CCOCCOCCOCCOCCOCCOCCOCCOCCOCCn1cc(COC(=O)NCCNC(=O)CNC(=O)CNC(=O)CNC(=O)CON)nn1. The Labute approximate surface area is 343 Å². The highest BCUT2D eigenvalue weighted by atomic mass is 16.6. The molecule has 1 heterocycles. The number of hydrogen-bond acceptors (Lipinski definition) is 19. The molecule has 5 amide bonds. The van der Waals surface area contributed by atoms with Crippen molar-refractivity contribution < 1.29 is 76.2 Å². The smallest absolute Gasteiger partial charge is 0.407 e. The zero-order valence-electron chi connectivity index (χ0n) is 33.9. The van der Waals surface area contributed by atoms with Gasteiger partial charge in [0.05, 0.1) is 145 Å². The Bertz CT molecular complexity index is 1230. The van der Waals surface area contributed by atoms with E-state index >= 15 is 0 Å². The molecule has 0 radical (unpaired) electrons. The van der Waals surface area contributed by atoms with Gasteiger partial charge >= 0.3 is 6.09 Å². The van der Waals surface area contributed by atoms with E-state index in [-0.39, 0.29) is 32.8 Å². The number of nitrogens with two attached hydrogens (primary N) is 1. The molecule has 0 bridgehead atoms. The lowest BCUT2D eigenvalue weighted by Gasteiger charge is -2.09. The minimum atomic E-state index is -0.726. The molecule has 1 rings (SSSR count). The van der Waals surface area contributed by atoms with Crippen LogP contribution in [0.4, 0.5) is 4.79 Å². The summed E-state index contributed by atoms with van der Waals surface area (Å²) in [6, 6.07) is 0. The van der Waals surface area contributed by atoms with Gasteiger partial charge in [0.25, 0.3) is 0 Å². The van der Waals surface area contributed by atoms with E-state index in [9.17, 15) is 24.0 Å². The van der Waals surface area contributed by atoms with Crippen LogP contribution in [0.2, 0.25) is 0 Å². The van der Waals surface area contributed by atoms with Crippen molar-refractivity contribution >= 4 is 29.7 Å². The van der Waals surface area contributed by atoms with E-state index in [1.54, 1.807) is 10.9 Å². The summed E-state index contributed by atoms with van der Waals surface area (Å²) in [5, 5.41) is 19.7. The maximum atomic E-state index is 11.9. The molecular weight excluding hydrogens is 790 g/mol. The van der Waals surface area contributed by atoms with Crippen molar-refractivity contribution in [2.75, 3.05) is 158 Å². The van der Waals surface area contributed by atoms with Crippen molar-refractivity contribution in [3.8, 4) is 0 Å². The van der Waals surface area contributed by atoms with Crippen LogP contribution < -0.4 is 32.5 Å². The van der Waals surface area contributed by atoms with Crippen molar-refractivity contribution in [2.45, 2.75) is 20.1 Å². The van der Waals surface area contributed by atoms with Crippen LogP contribution in [0.15, 0.2) is 6.20 Å². The first-order valence-electron chi connectivity index (χ1n) is 19.2. The Morgan fingerprint density at radius 3 is 1.37 bits per heavy atom. The van der Waals surface area contributed by atoms with Gasteiger partial charge in [-0.05, 0) is 6.92 Å². The molecule has 25 nitrogen and oxygen atoms in total. The fourth-order valence-corrected chi connectivity index (χ4v) is 3.98. The minimum absolute atomic E-state index is 0.0616. The van der Waals surface area contributed by atoms with E-state index in [0.29, 0.717) is 131 Å². The van der Waals surface area contributed by atoms with Crippen molar-refractivity contribution in [3.05, 3.63) is 11.9 Å². The van der Waals surface area contributed by atoms with E-state index in [0.717, 1.165) is 0 Å². The predicted molar refractivity (Wildman–Crippen MR) is 203 cm³/mol. The molecule has 340 valence electrons. The van der Waals surface area contributed by atoms with E-state index in [1.807, 2.05) is 6.92 Å². The maximum Gasteiger partial charge on any atom is 0.407 e. The Balaban J connectivity index is 1.86. The Morgan fingerprint density at radius 2 is 0.932 bits per heavy atom. The third-order valence-electron chi connectivity index (χ3n) is 6.85. The van der Waals surface area contributed by atoms with Gasteiger partial charge in [-0.25, -0.2) is 15.4 Å². The monoisotopic (exact) mass is 853 g/mol. The van der Waals surface area contributed by atoms with E-state index < -0.39 is 42.9 Å². The summed E-state index contributed by atoms with van der Waals surface area (Å²) >= 11 is 0. The number of ether oxygens (including phenoxy) is 10. The molecule has 7 N–H and O–H groups in total. The van der Waals surface area contributed by atoms with Crippen molar-refractivity contribution in [1.82, 2.24) is 41.6 Å². The zero-order valence-corrected chi connectivity index (χ0v) is 33.9. The Kier molecular flexibility index (Phi) is 35.2. The predicted octanol–water partition coefficient (Wildman–Crippen LogP) is -3.97. The molecule has 0 unspecified atom stereocenters. The van der Waals surface area contributed by atoms with Crippen LogP contribution >= 0.6 is 0 Å². The lowest BCUT2D eigenvalue weighted by atomic mass is 10.4. The van der Waals surface area contributed by atoms with Crippen molar-refractivity contribution in [3.63, 3.8) is 0 Å². The summed E-state index contributed by atoms with van der Waals surface area (Å²) in [6.07, 6.45) is 0.897. The number of amides is 5. The van der Waals surface area contributed by atoms with Crippen molar-refractivity contribution in [2.24, 2.45) is 5.90 Å². The standard InChI is InChI=1S/C34H63N9O16/c1-2-49-7-8-51-11-12-53-15-16-55-19-20-57-22-21-56-18-17-54-14-13-52-10-9-50-6-5-43-26-29(41-42-43)27-58-34(48)37-4-3-36-30(44)23-38-31(45)24-39-32(46)25-40-33(47)28-59-35/h26H,2-25,27-28,35H2,1H3,(H,36,44)(H,37,48)(H,38,45)(H,39,46)(H,40,47). The number of alkyl carbamates (subject to hydrolysis) is 1. The van der Waals surface area contributed by atoms with Gasteiger partial charge in [0.2, 0.25) is 23.6 Å². The molecule has 0 saturated heterocycles. The molecule has 0 aliphatic rings. The second kappa shape index (κ2) is 39.3. The quantitative estimate of drug-likeness (QED) is 0.0270. The molecular formula is C34H63N9O16. The van der Waals surface area contributed by atoms with E-state index in [1.165, 1.54) is 0 Å². The largest absolute Gasteiger partial charge is 0.443 e. The van der Waals surface area contributed by atoms with Gasteiger partial charge < -0.3 is 74.0 Å². The fourth-order valence-electron chi connectivity index (χ4n) is 3.98. The van der Waals surface area contributed by atoms with E-state index in [4.69, 9.17) is 53.3 Å². The second-order valence-corrected chi connectivity index (χ2v) is 11.6. The molecule has 0 spiro atoms. The van der Waals surface area contributed by atoms with Gasteiger partial charge in [-0.15, -0.1) is 5.10 Å². The van der Waals surface area contributed by atoms with Gasteiger partial charge in [-0.2, -0.15) is 0 Å². The van der Waals surface area contributed by atoms with Crippen LogP contribution in [-0.2, 0) is 84.5 Å². The first kappa shape index (κ1) is 52.9. The summed E-state index contributed by atoms with van der Waals surface area (Å²) in [5.41, 5.74) is 0.430. The highest BCUT2D eigenvalue weighted by Gasteiger charge is 2.10. The lowest BCUT2D eigenvalue weighted by Crippen LogP contribution is -2.45. The summed E-state index contributed by atoms with van der Waals surface area (Å²) in [7, 11) is 0. The van der Waals surface area contributed by atoms with Crippen LogP contribution in [0.3, 0.4) is 0 Å². The number of carbonyl (C=O) groups excluding carboxylic acids is 5. The molecule has 0 aromatic carbocycles. The molecule has 0 aliphatic heterocycles. The average molecular weight is 854 g/mol.